The zero-order valence-electron chi connectivity index (χ0n) is 20.2. The summed E-state index contributed by atoms with van der Waals surface area (Å²) >= 11 is 1.58. The van der Waals surface area contributed by atoms with Crippen molar-refractivity contribution in [1.82, 2.24) is 19.6 Å². The SMILES string of the molecule is CCN(Cc1nn(-c2ccc(F)cc2)c2c1CN(Cc1ccc(F)cc1)CC2)C(=O)Cc1cccs1. The average Bonchev–Trinajstić information content (AvgIpc) is 3.52. The van der Waals surface area contributed by atoms with Crippen molar-refractivity contribution in [3.05, 3.63) is 105 Å². The lowest BCUT2D eigenvalue weighted by atomic mass is 10.0. The summed E-state index contributed by atoms with van der Waals surface area (Å²) < 4.78 is 28.9. The van der Waals surface area contributed by atoms with Gasteiger partial charge in [0.05, 0.1) is 30.0 Å². The maximum absolute atomic E-state index is 13.6. The Kier molecular flexibility index (Phi) is 7.25. The largest absolute Gasteiger partial charge is 0.337 e. The third-order valence-electron chi connectivity index (χ3n) is 6.59. The molecule has 2 aromatic carbocycles. The number of thiophene rings is 1. The molecule has 0 saturated carbocycles. The van der Waals surface area contributed by atoms with Gasteiger partial charge in [0.1, 0.15) is 11.6 Å². The third-order valence-corrected chi connectivity index (χ3v) is 7.47. The Morgan fingerprint density at radius 3 is 2.44 bits per heavy atom. The van der Waals surface area contributed by atoms with Gasteiger partial charge in [0.2, 0.25) is 5.91 Å². The van der Waals surface area contributed by atoms with Crippen LogP contribution in [0.3, 0.4) is 0 Å². The number of carbonyl (C=O) groups excluding carboxylic acids is 1. The van der Waals surface area contributed by atoms with Crippen LogP contribution < -0.4 is 0 Å². The summed E-state index contributed by atoms with van der Waals surface area (Å²) in [6, 6.07) is 16.9. The van der Waals surface area contributed by atoms with Gasteiger partial charge >= 0.3 is 0 Å². The molecule has 5 rings (SSSR count). The lowest BCUT2D eigenvalue weighted by molar-refractivity contribution is -0.130. The molecule has 0 saturated heterocycles. The number of fused-ring (bicyclic) bond motifs is 1. The lowest BCUT2D eigenvalue weighted by Gasteiger charge is -2.28. The maximum atomic E-state index is 13.6. The topological polar surface area (TPSA) is 41.4 Å². The highest BCUT2D eigenvalue weighted by Crippen LogP contribution is 2.28. The van der Waals surface area contributed by atoms with Gasteiger partial charge in [-0.3, -0.25) is 9.69 Å². The van der Waals surface area contributed by atoms with E-state index < -0.39 is 0 Å². The van der Waals surface area contributed by atoms with Gasteiger partial charge in [-0.05, 0) is 60.3 Å². The molecule has 36 heavy (non-hydrogen) atoms. The molecule has 5 nitrogen and oxygen atoms in total. The van der Waals surface area contributed by atoms with Crippen LogP contribution in [-0.2, 0) is 37.3 Å². The highest BCUT2D eigenvalue weighted by molar-refractivity contribution is 7.10. The Hall–Kier alpha value is -3.36. The number of hydrogen-bond acceptors (Lipinski definition) is 4. The summed E-state index contributed by atoms with van der Waals surface area (Å²) in [4.78, 5) is 18.3. The van der Waals surface area contributed by atoms with Crippen molar-refractivity contribution in [3.8, 4) is 5.69 Å². The first kappa shape index (κ1) is 24.3. The minimum Gasteiger partial charge on any atom is -0.337 e. The second-order valence-corrected chi connectivity index (χ2v) is 10.0. The molecule has 0 spiro atoms. The fraction of sp³-hybridized carbons (Fsp3) is 0.286. The van der Waals surface area contributed by atoms with E-state index in [1.807, 2.05) is 46.2 Å². The van der Waals surface area contributed by atoms with Gasteiger partial charge in [-0.25, -0.2) is 13.5 Å². The van der Waals surface area contributed by atoms with E-state index in [4.69, 9.17) is 5.10 Å². The Labute approximate surface area is 213 Å². The quantitative estimate of drug-likeness (QED) is 0.323. The van der Waals surface area contributed by atoms with Crippen LogP contribution in [0.1, 0.15) is 34.3 Å². The summed E-state index contributed by atoms with van der Waals surface area (Å²) in [5.41, 5.74) is 4.91. The Morgan fingerprint density at radius 2 is 1.78 bits per heavy atom. The maximum Gasteiger partial charge on any atom is 0.228 e. The number of aromatic nitrogens is 2. The van der Waals surface area contributed by atoms with Crippen LogP contribution in [0.25, 0.3) is 5.69 Å². The molecule has 0 unspecified atom stereocenters. The van der Waals surface area contributed by atoms with E-state index in [1.54, 1.807) is 23.5 Å². The van der Waals surface area contributed by atoms with Crippen molar-refractivity contribution in [2.75, 3.05) is 13.1 Å². The molecule has 0 fully saturated rings. The van der Waals surface area contributed by atoms with Gasteiger partial charge in [-0.15, -0.1) is 11.3 Å². The van der Waals surface area contributed by atoms with Crippen LogP contribution in [0.15, 0.2) is 66.0 Å². The van der Waals surface area contributed by atoms with Crippen molar-refractivity contribution in [1.29, 1.82) is 0 Å². The van der Waals surface area contributed by atoms with E-state index in [9.17, 15) is 13.6 Å². The van der Waals surface area contributed by atoms with Gasteiger partial charge in [-0.1, -0.05) is 18.2 Å². The van der Waals surface area contributed by atoms with Crippen LogP contribution in [0.2, 0.25) is 0 Å². The lowest BCUT2D eigenvalue weighted by Crippen LogP contribution is -2.33. The number of likely N-dealkylation sites (N-methyl/N-ethyl adjacent to an activating group) is 1. The molecule has 0 aliphatic carbocycles. The predicted octanol–water partition coefficient (Wildman–Crippen LogP) is 5.36. The summed E-state index contributed by atoms with van der Waals surface area (Å²) in [7, 11) is 0. The van der Waals surface area contributed by atoms with Crippen molar-refractivity contribution in [3.63, 3.8) is 0 Å². The normalized spacial score (nSPS) is 13.5. The molecule has 0 bridgehead atoms. The summed E-state index contributed by atoms with van der Waals surface area (Å²) in [6.07, 6.45) is 1.15. The van der Waals surface area contributed by atoms with Crippen LogP contribution in [0.5, 0.6) is 0 Å². The first-order chi connectivity index (χ1) is 17.5. The van der Waals surface area contributed by atoms with Crippen LogP contribution >= 0.6 is 11.3 Å². The fourth-order valence-electron chi connectivity index (χ4n) is 4.68. The third kappa shape index (κ3) is 5.39. The van der Waals surface area contributed by atoms with E-state index in [2.05, 4.69) is 4.90 Å². The first-order valence-corrected chi connectivity index (χ1v) is 13.0. The Balaban J connectivity index is 1.43. The molecule has 8 heteroatoms. The highest BCUT2D eigenvalue weighted by atomic mass is 32.1. The molecule has 4 aromatic rings. The van der Waals surface area contributed by atoms with Gasteiger partial charge < -0.3 is 4.90 Å². The van der Waals surface area contributed by atoms with Crippen molar-refractivity contribution in [2.45, 2.75) is 39.4 Å². The second-order valence-electron chi connectivity index (χ2n) is 9.01. The summed E-state index contributed by atoms with van der Waals surface area (Å²) in [6.45, 7) is 5.20. The van der Waals surface area contributed by atoms with E-state index >= 15 is 0 Å². The van der Waals surface area contributed by atoms with Crippen LogP contribution in [-0.4, -0.2) is 38.6 Å². The molecular weight excluding hydrogens is 478 g/mol. The highest BCUT2D eigenvalue weighted by Gasteiger charge is 2.27. The first-order valence-electron chi connectivity index (χ1n) is 12.1. The second kappa shape index (κ2) is 10.7. The smallest absolute Gasteiger partial charge is 0.228 e. The number of nitrogens with zero attached hydrogens (tertiary/aromatic N) is 4. The molecule has 2 aromatic heterocycles. The number of benzene rings is 2. The van der Waals surface area contributed by atoms with Crippen LogP contribution in [0, 0.1) is 11.6 Å². The molecule has 186 valence electrons. The molecule has 1 amide bonds. The van der Waals surface area contributed by atoms with E-state index in [0.717, 1.165) is 46.0 Å². The number of carbonyl (C=O) groups is 1. The van der Waals surface area contributed by atoms with E-state index in [0.29, 0.717) is 32.6 Å². The molecule has 0 atom stereocenters. The minimum atomic E-state index is -0.290. The van der Waals surface area contributed by atoms with Crippen molar-refractivity contribution in [2.24, 2.45) is 0 Å². The molecular formula is C28H28F2N4OS. The van der Waals surface area contributed by atoms with E-state index in [-0.39, 0.29) is 17.5 Å². The molecule has 1 aliphatic heterocycles. The minimum absolute atomic E-state index is 0.0732. The Bertz CT molecular complexity index is 1320. The fourth-order valence-corrected chi connectivity index (χ4v) is 5.37. The predicted molar refractivity (Wildman–Crippen MR) is 137 cm³/mol. The van der Waals surface area contributed by atoms with Gasteiger partial charge in [0.25, 0.3) is 0 Å². The zero-order valence-corrected chi connectivity index (χ0v) is 21.0. The molecule has 1 aliphatic rings. The van der Waals surface area contributed by atoms with Gasteiger partial charge in [0, 0.05) is 43.0 Å². The van der Waals surface area contributed by atoms with E-state index in [1.165, 1.54) is 24.3 Å². The molecule has 3 heterocycles. The Morgan fingerprint density at radius 1 is 1.06 bits per heavy atom. The van der Waals surface area contributed by atoms with Gasteiger partial charge in [-0.2, -0.15) is 5.10 Å². The summed E-state index contributed by atoms with van der Waals surface area (Å²) in [5.74, 6) is -0.458. The van der Waals surface area contributed by atoms with Crippen LogP contribution in [0.4, 0.5) is 8.78 Å². The van der Waals surface area contributed by atoms with Crippen molar-refractivity contribution >= 4 is 17.2 Å². The van der Waals surface area contributed by atoms with Crippen molar-refractivity contribution < 1.29 is 13.6 Å². The van der Waals surface area contributed by atoms with Gasteiger partial charge in [0.15, 0.2) is 0 Å². The average molecular weight is 507 g/mol. The number of amides is 1. The monoisotopic (exact) mass is 506 g/mol. The summed E-state index contributed by atoms with van der Waals surface area (Å²) in [5, 5.41) is 6.92. The zero-order chi connectivity index (χ0) is 25.1. The molecule has 0 radical (unpaired) electrons. The standard InChI is InChI=1S/C28H28F2N4OS/c1-2-33(28(35)16-24-4-3-15-36-24)19-26-25-18-32(17-20-5-7-21(29)8-6-20)14-13-27(25)34(31-26)23-11-9-22(30)10-12-23/h3-12,15H,2,13-14,16-19H2,1H3. The number of rotatable bonds is 8. The number of halogens is 2. The number of hydrogen-bond donors (Lipinski definition) is 0. The molecule has 0 N–H and O–H groups in total.